The third-order valence-corrected chi connectivity index (χ3v) is 4.78. The van der Waals surface area contributed by atoms with Crippen LogP contribution in [0.1, 0.15) is 18.5 Å². The molecule has 0 heterocycles. The molecule has 3 nitrogen and oxygen atoms in total. The van der Waals surface area contributed by atoms with Gasteiger partial charge in [0.1, 0.15) is 11.5 Å². The molecule has 0 aliphatic heterocycles. The fourth-order valence-electron chi connectivity index (χ4n) is 1.98. The van der Waals surface area contributed by atoms with E-state index in [0.717, 1.165) is 24.7 Å². The summed E-state index contributed by atoms with van der Waals surface area (Å²) in [5, 5.41) is 13.4. The number of phenolic OH excluding ortho intramolecular Hbond substituents is 1. The van der Waals surface area contributed by atoms with E-state index in [9.17, 15) is 5.11 Å². The molecule has 2 aromatic rings. The van der Waals surface area contributed by atoms with Crippen LogP contribution in [0.5, 0.6) is 11.5 Å². The van der Waals surface area contributed by atoms with Crippen molar-refractivity contribution in [3.05, 3.63) is 49.3 Å². The van der Waals surface area contributed by atoms with Gasteiger partial charge in [0.15, 0.2) is 0 Å². The second-order valence-corrected chi connectivity index (χ2v) is 7.16. The smallest absolute Gasteiger partial charge is 0.121 e. The van der Waals surface area contributed by atoms with Gasteiger partial charge in [-0.25, -0.2) is 0 Å². The van der Waals surface area contributed by atoms with E-state index in [-0.39, 0.29) is 11.8 Å². The van der Waals surface area contributed by atoms with Gasteiger partial charge in [0, 0.05) is 19.0 Å². The molecule has 112 valence electrons. The van der Waals surface area contributed by atoms with Crippen LogP contribution in [0.15, 0.2) is 43.7 Å². The molecule has 0 fully saturated rings. The van der Waals surface area contributed by atoms with E-state index in [4.69, 9.17) is 4.74 Å². The summed E-state index contributed by atoms with van der Waals surface area (Å²) >= 11 is 10.5. The third kappa shape index (κ3) is 3.93. The molecule has 0 saturated carbocycles. The highest BCUT2D eigenvalue weighted by atomic mass is 79.9. The Balaban J connectivity index is 2.32. The molecular weight excluding hydrogens is 466 g/mol. The van der Waals surface area contributed by atoms with Gasteiger partial charge in [-0.1, -0.05) is 15.9 Å². The maximum Gasteiger partial charge on any atom is 0.121 e. The molecule has 2 rings (SSSR count). The molecule has 2 N–H and O–H groups in total. The molecule has 0 spiro atoms. The average molecular weight is 480 g/mol. The summed E-state index contributed by atoms with van der Waals surface area (Å²) in [6.45, 7) is 1.98. The van der Waals surface area contributed by atoms with E-state index < -0.39 is 0 Å². The number of phenols is 1. The zero-order valence-electron chi connectivity index (χ0n) is 11.5. The topological polar surface area (TPSA) is 41.5 Å². The number of hydrogen-bond donors (Lipinski definition) is 2. The fourth-order valence-corrected chi connectivity index (χ4v) is 4.47. The van der Waals surface area contributed by atoms with Crippen molar-refractivity contribution in [2.24, 2.45) is 0 Å². The van der Waals surface area contributed by atoms with Crippen LogP contribution in [0.25, 0.3) is 0 Å². The van der Waals surface area contributed by atoms with Gasteiger partial charge >= 0.3 is 0 Å². The first-order chi connectivity index (χ1) is 9.92. The van der Waals surface area contributed by atoms with Crippen molar-refractivity contribution in [2.75, 3.05) is 12.4 Å². The Morgan fingerprint density at radius 3 is 2.29 bits per heavy atom. The number of aromatic hydroxyl groups is 1. The predicted octanol–water partition coefficient (Wildman–Crippen LogP) is 5.86. The Hall–Kier alpha value is -0.720. The van der Waals surface area contributed by atoms with E-state index in [0.29, 0.717) is 5.75 Å². The number of ether oxygens (including phenoxy) is 1. The van der Waals surface area contributed by atoms with Crippen LogP contribution in [0.2, 0.25) is 0 Å². The number of nitrogens with one attached hydrogen (secondary N) is 1. The zero-order valence-corrected chi connectivity index (χ0v) is 16.2. The minimum Gasteiger partial charge on any atom is -0.508 e. The van der Waals surface area contributed by atoms with Crippen LogP contribution in [-0.2, 0) is 0 Å². The van der Waals surface area contributed by atoms with Crippen LogP contribution < -0.4 is 10.1 Å². The fraction of sp³-hybridized carbons (Fsp3) is 0.200. The van der Waals surface area contributed by atoms with Crippen molar-refractivity contribution >= 4 is 53.5 Å². The van der Waals surface area contributed by atoms with Crippen LogP contribution in [0.4, 0.5) is 5.69 Å². The summed E-state index contributed by atoms with van der Waals surface area (Å²) in [6.07, 6.45) is 0. The highest BCUT2D eigenvalue weighted by molar-refractivity contribution is 9.11. The quantitative estimate of drug-likeness (QED) is 0.577. The van der Waals surface area contributed by atoms with Crippen LogP contribution >= 0.6 is 47.8 Å². The zero-order chi connectivity index (χ0) is 15.6. The summed E-state index contributed by atoms with van der Waals surface area (Å²) in [6, 6.07) is 9.04. The van der Waals surface area contributed by atoms with Gasteiger partial charge in [0.25, 0.3) is 0 Å². The summed E-state index contributed by atoms with van der Waals surface area (Å²) in [7, 11) is 1.61. The van der Waals surface area contributed by atoms with E-state index in [1.807, 2.05) is 25.1 Å². The normalized spacial score (nSPS) is 12.0. The van der Waals surface area contributed by atoms with E-state index >= 15 is 0 Å². The molecule has 1 atom stereocenters. The predicted molar refractivity (Wildman–Crippen MR) is 96.2 cm³/mol. The minimum atomic E-state index is -0.0890. The number of methoxy groups -OCH3 is 1. The lowest BCUT2D eigenvalue weighted by Gasteiger charge is -2.20. The lowest BCUT2D eigenvalue weighted by molar-refractivity contribution is 0.410. The molecule has 0 bridgehead atoms. The lowest BCUT2D eigenvalue weighted by atomic mass is 10.1. The molecule has 6 heteroatoms. The van der Waals surface area contributed by atoms with Crippen molar-refractivity contribution in [3.63, 3.8) is 0 Å². The van der Waals surface area contributed by atoms with Gasteiger partial charge in [-0.15, -0.1) is 0 Å². The van der Waals surface area contributed by atoms with Crippen LogP contribution in [0, 0.1) is 0 Å². The monoisotopic (exact) mass is 477 g/mol. The molecular formula is C15H14Br3NO2. The van der Waals surface area contributed by atoms with Gasteiger partial charge in [-0.3, -0.25) is 0 Å². The van der Waals surface area contributed by atoms with E-state index in [1.165, 1.54) is 0 Å². The minimum absolute atomic E-state index is 0.0890. The summed E-state index contributed by atoms with van der Waals surface area (Å²) in [4.78, 5) is 0. The third-order valence-electron chi connectivity index (χ3n) is 3.07. The molecule has 0 saturated heterocycles. The number of halogens is 3. The van der Waals surface area contributed by atoms with Crippen molar-refractivity contribution in [1.82, 2.24) is 0 Å². The number of hydrogen-bond acceptors (Lipinski definition) is 3. The van der Waals surface area contributed by atoms with E-state index in [1.54, 1.807) is 19.2 Å². The average Bonchev–Trinajstić information content (AvgIpc) is 2.43. The van der Waals surface area contributed by atoms with Crippen molar-refractivity contribution in [1.29, 1.82) is 0 Å². The molecule has 0 amide bonds. The van der Waals surface area contributed by atoms with Gasteiger partial charge < -0.3 is 15.2 Å². The van der Waals surface area contributed by atoms with Gasteiger partial charge in [-0.2, -0.15) is 0 Å². The Bertz CT molecular complexity index is 638. The van der Waals surface area contributed by atoms with Gasteiger partial charge in [-0.05, 0) is 69.1 Å². The molecule has 0 aliphatic rings. The molecule has 0 radical (unpaired) electrons. The Kier molecular flexibility index (Phi) is 5.57. The molecule has 21 heavy (non-hydrogen) atoms. The first-order valence-electron chi connectivity index (χ1n) is 6.20. The standard InChI is InChI=1S/C15H14Br3NO2/c1-8(11-7-10(21-2)3-4-14(11)20)19-15-12(17)5-9(16)6-13(15)18/h3-8,19-20H,1-2H3. The largest absolute Gasteiger partial charge is 0.508 e. The highest BCUT2D eigenvalue weighted by Crippen LogP contribution is 2.38. The Morgan fingerprint density at radius 2 is 1.71 bits per heavy atom. The first-order valence-corrected chi connectivity index (χ1v) is 8.58. The van der Waals surface area contributed by atoms with Crippen molar-refractivity contribution < 1.29 is 9.84 Å². The molecule has 1 unspecified atom stereocenters. The second kappa shape index (κ2) is 7.03. The molecule has 2 aromatic carbocycles. The van der Waals surface area contributed by atoms with Gasteiger partial charge in [0.2, 0.25) is 0 Å². The van der Waals surface area contributed by atoms with Crippen LogP contribution in [-0.4, -0.2) is 12.2 Å². The summed E-state index contributed by atoms with van der Waals surface area (Å²) in [5.74, 6) is 0.950. The summed E-state index contributed by atoms with van der Waals surface area (Å²) < 4.78 is 8.04. The lowest BCUT2D eigenvalue weighted by Crippen LogP contribution is -2.08. The Morgan fingerprint density at radius 1 is 1.10 bits per heavy atom. The molecule has 0 aromatic heterocycles. The number of benzene rings is 2. The number of anilines is 1. The molecule has 0 aliphatic carbocycles. The van der Waals surface area contributed by atoms with E-state index in [2.05, 4.69) is 53.1 Å². The first kappa shape index (κ1) is 16.6. The van der Waals surface area contributed by atoms with Crippen molar-refractivity contribution in [2.45, 2.75) is 13.0 Å². The van der Waals surface area contributed by atoms with Crippen molar-refractivity contribution in [3.8, 4) is 11.5 Å². The maximum absolute atomic E-state index is 10.0. The highest BCUT2D eigenvalue weighted by Gasteiger charge is 2.15. The SMILES string of the molecule is COc1ccc(O)c(C(C)Nc2c(Br)cc(Br)cc2Br)c1. The van der Waals surface area contributed by atoms with Gasteiger partial charge in [0.05, 0.1) is 18.8 Å². The Labute approximate surface area is 149 Å². The van der Waals surface area contributed by atoms with Crippen LogP contribution in [0.3, 0.4) is 0 Å². The maximum atomic E-state index is 10.0. The number of rotatable bonds is 4. The summed E-state index contributed by atoms with van der Waals surface area (Å²) in [5.41, 5.74) is 1.70. The second-order valence-electron chi connectivity index (χ2n) is 4.54.